The second-order valence-corrected chi connectivity index (χ2v) is 7.46. The number of nitro groups is 1. The quantitative estimate of drug-likeness (QED) is 0.295. The van der Waals surface area contributed by atoms with Gasteiger partial charge in [-0.1, -0.05) is 35.9 Å². The molecule has 1 aromatic heterocycles. The van der Waals surface area contributed by atoms with Gasteiger partial charge in [0, 0.05) is 29.4 Å². The van der Waals surface area contributed by atoms with E-state index >= 15 is 0 Å². The molecule has 11 heteroatoms. The van der Waals surface area contributed by atoms with Gasteiger partial charge in [-0.25, -0.2) is 4.68 Å². The predicted molar refractivity (Wildman–Crippen MR) is 119 cm³/mol. The molecule has 170 valence electrons. The van der Waals surface area contributed by atoms with Gasteiger partial charge in [0.1, 0.15) is 12.2 Å². The monoisotopic (exact) mass is 470 g/mol. The Balaban J connectivity index is 2.07. The van der Waals surface area contributed by atoms with E-state index in [0.29, 0.717) is 16.3 Å². The second-order valence-electron chi connectivity index (χ2n) is 7.02. The maximum atomic E-state index is 13.3. The Kier molecular flexibility index (Phi) is 7.19. The Hall–Kier alpha value is -4.05. The normalized spacial score (nSPS) is 10.5. The summed E-state index contributed by atoms with van der Waals surface area (Å²) in [6, 6.07) is 13.6. The molecule has 0 unspecified atom stereocenters. The Morgan fingerprint density at radius 3 is 2.48 bits per heavy atom. The molecule has 0 radical (unpaired) electrons. The van der Waals surface area contributed by atoms with E-state index in [2.05, 4.69) is 9.84 Å². The fourth-order valence-electron chi connectivity index (χ4n) is 3.12. The Bertz CT molecular complexity index is 1270. The number of hydrogen-bond acceptors (Lipinski definition) is 7. The number of esters is 1. The lowest BCUT2D eigenvalue weighted by molar-refractivity contribution is -0.384. The predicted octanol–water partition coefficient (Wildman–Crippen LogP) is 2.92. The first-order valence-electron chi connectivity index (χ1n) is 9.66. The maximum Gasteiger partial charge on any atom is 0.325 e. The van der Waals surface area contributed by atoms with Crippen molar-refractivity contribution in [2.75, 3.05) is 13.7 Å². The lowest BCUT2D eigenvalue weighted by atomic mass is 10.2. The number of hydrogen-bond donors (Lipinski definition) is 0. The summed E-state index contributed by atoms with van der Waals surface area (Å²) in [5.74, 6) is -1.52. The smallest absolute Gasteiger partial charge is 0.325 e. The summed E-state index contributed by atoms with van der Waals surface area (Å²) in [4.78, 5) is 49.8. The minimum absolute atomic E-state index is 0.0222. The van der Waals surface area contributed by atoms with E-state index in [4.69, 9.17) is 11.6 Å². The number of aryl methyl sites for hydroxylation is 1. The van der Waals surface area contributed by atoms with E-state index < -0.39 is 34.5 Å². The van der Waals surface area contributed by atoms with Crippen molar-refractivity contribution >= 4 is 29.2 Å². The Morgan fingerprint density at radius 1 is 1.18 bits per heavy atom. The first-order valence-corrected chi connectivity index (χ1v) is 10.0. The number of para-hydroxylation sites is 2. The minimum Gasteiger partial charge on any atom is -0.468 e. The van der Waals surface area contributed by atoms with E-state index in [0.717, 1.165) is 15.6 Å². The van der Waals surface area contributed by atoms with Crippen molar-refractivity contribution in [1.82, 2.24) is 14.7 Å². The average Bonchev–Trinajstić information content (AvgIpc) is 2.79. The standard InChI is InChI=1S/C22H19ClN4O6/c1-14-11-19(28)21(24-26(14)17-5-3-4-6-18(17)27(31)32)22(30)25(13-20(29)33-2)12-15-7-9-16(23)10-8-15/h3-11H,12-13H2,1-2H3. The molecule has 1 heterocycles. The second kappa shape index (κ2) is 10.0. The Labute approximate surface area is 193 Å². The van der Waals surface area contributed by atoms with Gasteiger partial charge in [-0.05, 0) is 30.7 Å². The molecule has 0 atom stereocenters. The van der Waals surface area contributed by atoms with Crippen LogP contribution in [0, 0.1) is 17.0 Å². The molecule has 1 amide bonds. The summed E-state index contributed by atoms with van der Waals surface area (Å²) in [5, 5.41) is 16.1. The highest BCUT2D eigenvalue weighted by atomic mass is 35.5. The number of amides is 1. The van der Waals surface area contributed by atoms with E-state index in [1.165, 1.54) is 25.3 Å². The Morgan fingerprint density at radius 2 is 1.85 bits per heavy atom. The van der Waals surface area contributed by atoms with Crippen molar-refractivity contribution in [2.24, 2.45) is 0 Å². The zero-order valence-electron chi connectivity index (χ0n) is 17.7. The molecular formula is C22H19ClN4O6. The van der Waals surface area contributed by atoms with Gasteiger partial charge in [0.25, 0.3) is 11.6 Å². The van der Waals surface area contributed by atoms with Crippen LogP contribution >= 0.6 is 11.6 Å². The van der Waals surface area contributed by atoms with Gasteiger partial charge in [0.15, 0.2) is 5.69 Å². The van der Waals surface area contributed by atoms with E-state index in [9.17, 15) is 24.5 Å². The number of ether oxygens (including phenoxy) is 1. The number of carbonyl (C=O) groups excluding carboxylic acids is 2. The molecule has 0 saturated carbocycles. The van der Waals surface area contributed by atoms with E-state index in [1.54, 1.807) is 37.3 Å². The average molecular weight is 471 g/mol. The fourth-order valence-corrected chi connectivity index (χ4v) is 3.24. The molecule has 2 aromatic carbocycles. The lowest BCUT2D eigenvalue weighted by Gasteiger charge is -2.21. The van der Waals surface area contributed by atoms with E-state index in [-0.39, 0.29) is 17.9 Å². The van der Waals surface area contributed by atoms with Crippen molar-refractivity contribution in [3.63, 3.8) is 0 Å². The van der Waals surface area contributed by atoms with Crippen molar-refractivity contribution in [3.05, 3.63) is 96.9 Å². The van der Waals surface area contributed by atoms with Crippen molar-refractivity contribution in [2.45, 2.75) is 13.5 Å². The molecule has 0 bridgehead atoms. The highest BCUT2D eigenvalue weighted by Crippen LogP contribution is 2.22. The SMILES string of the molecule is COC(=O)CN(Cc1ccc(Cl)cc1)C(=O)c1nn(-c2ccccc2[N+](=O)[O-])c(C)cc1=O. The summed E-state index contributed by atoms with van der Waals surface area (Å²) < 4.78 is 5.83. The molecule has 0 N–H and O–H groups in total. The molecule has 0 aliphatic rings. The third-order valence-electron chi connectivity index (χ3n) is 4.74. The maximum absolute atomic E-state index is 13.3. The third kappa shape index (κ3) is 5.42. The van der Waals surface area contributed by atoms with Crippen LogP contribution in [-0.4, -0.2) is 45.1 Å². The number of methoxy groups -OCH3 is 1. The first kappa shape index (κ1) is 23.6. The number of rotatable bonds is 7. The number of halogens is 1. The van der Waals surface area contributed by atoms with Gasteiger partial charge < -0.3 is 9.64 Å². The van der Waals surface area contributed by atoms with Crippen LogP contribution in [0.2, 0.25) is 5.02 Å². The topological polar surface area (TPSA) is 125 Å². The van der Waals surface area contributed by atoms with Crippen molar-refractivity contribution in [3.8, 4) is 5.69 Å². The summed E-state index contributed by atoms with van der Waals surface area (Å²) in [6.45, 7) is 1.09. The molecule has 0 aliphatic carbocycles. The fraction of sp³-hybridized carbons (Fsp3) is 0.182. The van der Waals surface area contributed by atoms with Gasteiger partial charge in [-0.2, -0.15) is 5.10 Å². The molecule has 10 nitrogen and oxygen atoms in total. The van der Waals surface area contributed by atoms with Crippen molar-refractivity contribution < 1.29 is 19.2 Å². The van der Waals surface area contributed by atoms with Crippen LogP contribution in [0.1, 0.15) is 21.7 Å². The van der Waals surface area contributed by atoms with Crippen LogP contribution in [0.5, 0.6) is 0 Å². The summed E-state index contributed by atoms with van der Waals surface area (Å²) in [5.41, 5.74) is -0.380. The molecule has 0 aliphatic heterocycles. The van der Waals surface area contributed by atoms with Gasteiger partial charge in [-0.3, -0.25) is 24.5 Å². The first-order chi connectivity index (χ1) is 15.7. The minimum atomic E-state index is -0.826. The van der Waals surface area contributed by atoms with Crippen molar-refractivity contribution in [1.29, 1.82) is 0 Å². The van der Waals surface area contributed by atoms with Gasteiger partial charge >= 0.3 is 5.97 Å². The van der Waals surface area contributed by atoms with Crippen LogP contribution in [0.15, 0.2) is 59.4 Å². The zero-order valence-corrected chi connectivity index (χ0v) is 18.5. The van der Waals surface area contributed by atoms with Gasteiger partial charge in [0.05, 0.1) is 12.0 Å². The zero-order chi connectivity index (χ0) is 24.1. The number of nitro benzene ring substituents is 1. The highest BCUT2D eigenvalue weighted by Gasteiger charge is 2.26. The van der Waals surface area contributed by atoms with E-state index in [1.807, 2.05) is 0 Å². The summed E-state index contributed by atoms with van der Waals surface area (Å²) in [6.07, 6.45) is 0. The third-order valence-corrected chi connectivity index (χ3v) is 4.99. The van der Waals surface area contributed by atoms with Crippen LogP contribution in [0.25, 0.3) is 5.69 Å². The highest BCUT2D eigenvalue weighted by molar-refractivity contribution is 6.30. The van der Waals surface area contributed by atoms with Crippen LogP contribution in [-0.2, 0) is 16.1 Å². The number of benzene rings is 2. The molecule has 33 heavy (non-hydrogen) atoms. The molecule has 3 aromatic rings. The van der Waals surface area contributed by atoms with Crippen LogP contribution in [0.3, 0.4) is 0 Å². The molecular weight excluding hydrogens is 452 g/mol. The van der Waals surface area contributed by atoms with Crippen LogP contribution in [0.4, 0.5) is 5.69 Å². The molecule has 3 rings (SSSR count). The molecule has 0 spiro atoms. The largest absolute Gasteiger partial charge is 0.468 e. The summed E-state index contributed by atoms with van der Waals surface area (Å²) in [7, 11) is 1.18. The van der Waals surface area contributed by atoms with Crippen LogP contribution < -0.4 is 5.43 Å². The van der Waals surface area contributed by atoms with Gasteiger partial charge in [-0.15, -0.1) is 0 Å². The molecule has 0 saturated heterocycles. The lowest BCUT2D eigenvalue weighted by Crippen LogP contribution is -2.39. The number of carbonyl (C=O) groups is 2. The number of nitrogens with zero attached hydrogens (tertiary/aromatic N) is 4. The molecule has 0 fully saturated rings. The van der Waals surface area contributed by atoms with Gasteiger partial charge in [0.2, 0.25) is 5.43 Å². The number of aromatic nitrogens is 2. The summed E-state index contributed by atoms with van der Waals surface area (Å²) >= 11 is 5.90.